The summed E-state index contributed by atoms with van der Waals surface area (Å²) in [5, 5.41) is 5.93. The first-order valence-corrected chi connectivity index (χ1v) is 7.12. The zero-order valence-corrected chi connectivity index (χ0v) is 12.1. The molecule has 0 aliphatic heterocycles. The summed E-state index contributed by atoms with van der Waals surface area (Å²) in [4.78, 5) is 27.3. The van der Waals surface area contributed by atoms with Crippen LogP contribution in [0.2, 0.25) is 0 Å². The highest BCUT2D eigenvalue weighted by Crippen LogP contribution is 2.01. The van der Waals surface area contributed by atoms with Crippen molar-refractivity contribution in [2.24, 2.45) is 0 Å². The molecule has 0 fully saturated rings. The Bertz CT molecular complexity index is 537. The van der Waals surface area contributed by atoms with Gasteiger partial charge < -0.3 is 15.6 Å². The smallest absolute Gasteiger partial charge is 0.271 e. The molecule has 0 saturated carbocycles. The number of nitrogens with zero attached hydrogens (tertiary/aromatic N) is 3. The Balaban J connectivity index is 1.72. The van der Waals surface area contributed by atoms with Crippen LogP contribution in [0.3, 0.4) is 0 Å². The molecule has 0 aliphatic carbocycles. The molecule has 0 atom stereocenters. The fourth-order valence-corrected chi connectivity index (χ4v) is 1.77. The minimum absolute atomic E-state index is 0.205. The van der Waals surface area contributed by atoms with Crippen LogP contribution in [0.15, 0.2) is 24.8 Å². The Morgan fingerprint density at radius 1 is 1.24 bits per heavy atom. The lowest BCUT2D eigenvalue weighted by atomic mass is 10.3. The van der Waals surface area contributed by atoms with Crippen molar-refractivity contribution in [2.45, 2.75) is 26.2 Å². The molecule has 3 N–H and O–H groups in total. The molecule has 0 spiro atoms. The number of aromatic nitrogens is 4. The highest BCUT2D eigenvalue weighted by molar-refractivity contribution is 5.91. The number of rotatable bonds is 8. The molecule has 0 radical (unpaired) electrons. The second kappa shape index (κ2) is 7.98. The monoisotopic (exact) mass is 288 g/mol. The van der Waals surface area contributed by atoms with Crippen molar-refractivity contribution in [1.82, 2.24) is 25.3 Å². The van der Waals surface area contributed by atoms with Crippen LogP contribution in [-0.4, -0.2) is 38.9 Å². The quantitative estimate of drug-likeness (QED) is 0.638. The van der Waals surface area contributed by atoms with Crippen LogP contribution in [0, 0.1) is 0 Å². The molecule has 2 aromatic rings. The molecule has 0 bridgehead atoms. The fourth-order valence-electron chi connectivity index (χ4n) is 1.77. The van der Waals surface area contributed by atoms with Gasteiger partial charge >= 0.3 is 0 Å². The number of aromatic amines is 1. The average Bonchev–Trinajstić information content (AvgIpc) is 3.03. The number of hydrogen-bond donors (Lipinski definition) is 3. The fraction of sp³-hybridized carbons (Fsp3) is 0.429. The molecule has 1 amide bonds. The molecule has 112 valence electrons. The summed E-state index contributed by atoms with van der Waals surface area (Å²) < 4.78 is 0. The Morgan fingerprint density at radius 2 is 2.14 bits per heavy atom. The largest absolute Gasteiger partial charge is 0.369 e. The van der Waals surface area contributed by atoms with Crippen molar-refractivity contribution >= 4 is 11.7 Å². The lowest BCUT2D eigenvalue weighted by Crippen LogP contribution is -2.26. The molecule has 7 heteroatoms. The number of amides is 1. The maximum atomic E-state index is 11.9. The van der Waals surface area contributed by atoms with Gasteiger partial charge in [0.1, 0.15) is 17.3 Å². The van der Waals surface area contributed by atoms with E-state index in [1.165, 1.54) is 6.20 Å². The standard InChI is InChI=1S/C14H20N6O/c1-2-5-15-13-10-19-11(9-20-13)14(21)18-6-3-4-12-16-7-8-17-12/h7-10H,2-6H2,1H3,(H,15,20)(H,16,17)(H,18,21). The van der Waals surface area contributed by atoms with Gasteiger partial charge in [-0.05, 0) is 12.8 Å². The molecular formula is C14H20N6O. The van der Waals surface area contributed by atoms with Gasteiger partial charge in [-0.15, -0.1) is 0 Å². The Morgan fingerprint density at radius 3 is 2.81 bits per heavy atom. The molecule has 0 unspecified atom stereocenters. The zero-order valence-electron chi connectivity index (χ0n) is 12.1. The molecule has 7 nitrogen and oxygen atoms in total. The van der Waals surface area contributed by atoms with E-state index in [1.807, 2.05) is 0 Å². The zero-order chi connectivity index (χ0) is 14.9. The van der Waals surface area contributed by atoms with E-state index in [0.717, 1.165) is 31.6 Å². The molecule has 2 heterocycles. The van der Waals surface area contributed by atoms with Crippen LogP contribution >= 0.6 is 0 Å². The van der Waals surface area contributed by atoms with E-state index in [0.29, 0.717) is 18.1 Å². The Hall–Kier alpha value is -2.44. The van der Waals surface area contributed by atoms with Crippen LogP contribution in [0.4, 0.5) is 5.82 Å². The van der Waals surface area contributed by atoms with Crippen LogP contribution in [-0.2, 0) is 6.42 Å². The van der Waals surface area contributed by atoms with E-state index >= 15 is 0 Å². The van der Waals surface area contributed by atoms with E-state index in [-0.39, 0.29) is 5.91 Å². The second-order valence-corrected chi connectivity index (χ2v) is 4.61. The molecule has 2 aromatic heterocycles. The van der Waals surface area contributed by atoms with Gasteiger partial charge in [-0.3, -0.25) is 4.79 Å². The van der Waals surface area contributed by atoms with E-state index in [2.05, 4.69) is 37.5 Å². The highest BCUT2D eigenvalue weighted by atomic mass is 16.1. The number of nitrogens with one attached hydrogen (secondary N) is 3. The van der Waals surface area contributed by atoms with Gasteiger partial charge in [0.2, 0.25) is 0 Å². The summed E-state index contributed by atoms with van der Waals surface area (Å²) in [6, 6.07) is 0. The maximum absolute atomic E-state index is 11.9. The van der Waals surface area contributed by atoms with E-state index < -0.39 is 0 Å². The first-order chi connectivity index (χ1) is 10.3. The third kappa shape index (κ3) is 4.87. The number of carbonyl (C=O) groups is 1. The summed E-state index contributed by atoms with van der Waals surface area (Å²) in [5.41, 5.74) is 0.329. The molecule has 0 saturated heterocycles. The van der Waals surface area contributed by atoms with Gasteiger partial charge in [0.05, 0.1) is 12.4 Å². The number of aryl methyl sites for hydroxylation is 1. The van der Waals surface area contributed by atoms with Crippen molar-refractivity contribution in [3.8, 4) is 0 Å². The minimum Gasteiger partial charge on any atom is -0.369 e. The summed E-state index contributed by atoms with van der Waals surface area (Å²) in [5.74, 6) is 1.41. The molecule has 0 aromatic carbocycles. The second-order valence-electron chi connectivity index (χ2n) is 4.61. The molecule has 0 aliphatic rings. The minimum atomic E-state index is -0.205. The van der Waals surface area contributed by atoms with Crippen LogP contribution in [0.25, 0.3) is 0 Å². The number of imidazole rings is 1. The third-order valence-electron chi connectivity index (χ3n) is 2.87. The van der Waals surface area contributed by atoms with Crippen molar-refractivity contribution in [3.63, 3.8) is 0 Å². The first-order valence-electron chi connectivity index (χ1n) is 7.12. The lowest BCUT2D eigenvalue weighted by Gasteiger charge is -2.05. The lowest BCUT2D eigenvalue weighted by molar-refractivity contribution is 0.0948. The maximum Gasteiger partial charge on any atom is 0.271 e. The SMILES string of the molecule is CCCNc1cnc(C(=O)NCCCc2ncc[nH]2)cn1. The molecule has 21 heavy (non-hydrogen) atoms. The third-order valence-corrected chi connectivity index (χ3v) is 2.87. The summed E-state index contributed by atoms with van der Waals surface area (Å²) in [7, 11) is 0. The number of hydrogen-bond acceptors (Lipinski definition) is 5. The Labute approximate surface area is 123 Å². The van der Waals surface area contributed by atoms with Gasteiger partial charge in [-0.1, -0.05) is 6.92 Å². The van der Waals surface area contributed by atoms with E-state index in [9.17, 15) is 4.79 Å². The van der Waals surface area contributed by atoms with Crippen LogP contribution in [0.1, 0.15) is 36.1 Å². The highest BCUT2D eigenvalue weighted by Gasteiger charge is 2.07. The van der Waals surface area contributed by atoms with Gasteiger partial charge in [-0.25, -0.2) is 15.0 Å². The van der Waals surface area contributed by atoms with Crippen molar-refractivity contribution < 1.29 is 4.79 Å². The van der Waals surface area contributed by atoms with Crippen LogP contribution < -0.4 is 10.6 Å². The average molecular weight is 288 g/mol. The topological polar surface area (TPSA) is 95.6 Å². The van der Waals surface area contributed by atoms with Gasteiger partial charge in [0.15, 0.2) is 0 Å². The predicted molar refractivity (Wildman–Crippen MR) is 80.1 cm³/mol. The number of H-pyrrole nitrogens is 1. The number of anilines is 1. The van der Waals surface area contributed by atoms with Crippen molar-refractivity contribution in [3.05, 3.63) is 36.3 Å². The Kier molecular flexibility index (Phi) is 5.69. The van der Waals surface area contributed by atoms with E-state index in [4.69, 9.17) is 0 Å². The van der Waals surface area contributed by atoms with Gasteiger partial charge in [0, 0.05) is 31.9 Å². The first kappa shape index (κ1) is 15.0. The summed E-state index contributed by atoms with van der Waals surface area (Å²) >= 11 is 0. The normalized spacial score (nSPS) is 10.3. The molecule has 2 rings (SSSR count). The predicted octanol–water partition coefficient (Wildman–Crippen LogP) is 1.38. The van der Waals surface area contributed by atoms with Gasteiger partial charge in [0.25, 0.3) is 5.91 Å². The van der Waals surface area contributed by atoms with E-state index in [1.54, 1.807) is 18.6 Å². The van der Waals surface area contributed by atoms with Crippen LogP contribution in [0.5, 0.6) is 0 Å². The van der Waals surface area contributed by atoms with Crippen molar-refractivity contribution in [1.29, 1.82) is 0 Å². The van der Waals surface area contributed by atoms with Gasteiger partial charge in [-0.2, -0.15) is 0 Å². The molecular weight excluding hydrogens is 268 g/mol. The summed E-state index contributed by atoms with van der Waals surface area (Å²) in [6.07, 6.45) is 9.21. The summed E-state index contributed by atoms with van der Waals surface area (Å²) in [6.45, 7) is 3.50. The van der Waals surface area contributed by atoms with Crippen molar-refractivity contribution in [2.75, 3.05) is 18.4 Å². The number of carbonyl (C=O) groups excluding carboxylic acids is 1.